The molecule has 0 aliphatic heterocycles. The number of methoxy groups -OCH3 is 1. The molecular formula is C18H21N3O4. The number of hydrazone groups is 1. The second-order valence-corrected chi connectivity index (χ2v) is 5.51. The average molecular weight is 343 g/mol. The second-order valence-electron chi connectivity index (χ2n) is 5.51. The Morgan fingerprint density at radius 2 is 2.08 bits per heavy atom. The number of benzene rings is 1. The molecule has 0 fully saturated rings. The summed E-state index contributed by atoms with van der Waals surface area (Å²) in [6.45, 7) is 3.71. The van der Waals surface area contributed by atoms with Crippen LogP contribution < -0.4 is 20.5 Å². The molecule has 0 bridgehead atoms. The Morgan fingerprint density at radius 1 is 1.28 bits per heavy atom. The van der Waals surface area contributed by atoms with E-state index < -0.39 is 5.91 Å². The van der Waals surface area contributed by atoms with Crippen LogP contribution in [0.1, 0.15) is 19.4 Å². The SMILES string of the molecule is COc1cccc(/C=N\NC(=O)Cn2ccccc2=O)c1OC(C)C. The summed E-state index contributed by atoms with van der Waals surface area (Å²) < 4.78 is 12.4. The molecule has 1 amide bonds. The summed E-state index contributed by atoms with van der Waals surface area (Å²) >= 11 is 0. The minimum atomic E-state index is -0.404. The van der Waals surface area contributed by atoms with E-state index in [4.69, 9.17) is 9.47 Å². The van der Waals surface area contributed by atoms with Gasteiger partial charge in [-0.3, -0.25) is 9.59 Å². The molecule has 1 N–H and O–H groups in total. The fraction of sp³-hybridized carbons (Fsp3) is 0.278. The topological polar surface area (TPSA) is 81.9 Å². The maximum atomic E-state index is 11.9. The van der Waals surface area contributed by atoms with Crippen LogP contribution in [0.3, 0.4) is 0 Å². The van der Waals surface area contributed by atoms with Crippen molar-refractivity contribution in [2.24, 2.45) is 5.10 Å². The van der Waals surface area contributed by atoms with Crippen LogP contribution in [-0.4, -0.2) is 29.9 Å². The first-order valence-corrected chi connectivity index (χ1v) is 7.82. The van der Waals surface area contributed by atoms with Crippen LogP contribution in [0.15, 0.2) is 52.5 Å². The molecule has 1 aromatic carbocycles. The molecule has 132 valence electrons. The summed E-state index contributed by atoms with van der Waals surface area (Å²) in [5, 5.41) is 3.94. The molecule has 2 aromatic rings. The number of hydrogen-bond donors (Lipinski definition) is 1. The van der Waals surface area contributed by atoms with E-state index in [1.165, 1.54) is 16.8 Å². The van der Waals surface area contributed by atoms with Crippen LogP contribution in [0.5, 0.6) is 11.5 Å². The fourth-order valence-electron chi connectivity index (χ4n) is 2.11. The van der Waals surface area contributed by atoms with E-state index in [0.29, 0.717) is 17.1 Å². The molecule has 0 radical (unpaired) electrons. The maximum Gasteiger partial charge on any atom is 0.260 e. The number of pyridine rings is 1. The summed E-state index contributed by atoms with van der Waals surface area (Å²) in [7, 11) is 1.56. The number of amides is 1. The van der Waals surface area contributed by atoms with Gasteiger partial charge in [0.15, 0.2) is 11.5 Å². The fourth-order valence-corrected chi connectivity index (χ4v) is 2.11. The summed E-state index contributed by atoms with van der Waals surface area (Å²) in [4.78, 5) is 23.5. The van der Waals surface area contributed by atoms with E-state index in [-0.39, 0.29) is 18.2 Å². The number of hydrogen-bond acceptors (Lipinski definition) is 5. The predicted molar refractivity (Wildman–Crippen MR) is 95.2 cm³/mol. The Kier molecular flexibility index (Phi) is 6.33. The number of ether oxygens (including phenoxy) is 2. The number of nitrogens with one attached hydrogen (secondary N) is 1. The second kappa shape index (κ2) is 8.68. The molecule has 1 heterocycles. The molecule has 7 heteroatoms. The van der Waals surface area contributed by atoms with E-state index in [9.17, 15) is 9.59 Å². The van der Waals surface area contributed by atoms with Crippen molar-refractivity contribution in [3.63, 3.8) is 0 Å². The van der Waals surface area contributed by atoms with E-state index in [0.717, 1.165) is 0 Å². The number of nitrogens with zero attached hydrogens (tertiary/aromatic N) is 2. The molecule has 7 nitrogen and oxygen atoms in total. The van der Waals surface area contributed by atoms with Gasteiger partial charge in [0.05, 0.1) is 19.4 Å². The molecule has 0 aliphatic carbocycles. The van der Waals surface area contributed by atoms with Crippen molar-refractivity contribution in [2.45, 2.75) is 26.5 Å². The number of aromatic nitrogens is 1. The Bertz CT molecular complexity index is 812. The van der Waals surface area contributed by atoms with Crippen molar-refractivity contribution in [1.29, 1.82) is 0 Å². The van der Waals surface area contributed by atoms with Crippen molar-refractivity contribution in [1.82, 2.24) is 9.99 Å². The minimum absolute atomic E-state index is 0.0389. The van der Waals surface area contributed by atoms with Gasteiger partial charge < -0.3 is 14.0 Å². The van der Waals surface area contributed by atoms with Crippen molar-refractivity contribution in [2.75, 3.05) is 7.11 Å². The minimum Gasteiger partial charge on any atom is -0.493 e. The van der Waals surface area contributed by atoms with Crippen LogP contribution in [-0.2, 0) is 11.3 Å². The van der Waals surface area contributed by atoms with Crippen LogP contribution in [0, 0.1) is 0 Å². The van der Waals surface area contributed by atoms with Crippen molar-refractivity contribution >= 4 is 12.1 Å². The highest BCUT2D eigenvalue weighted by Gasteiger charge is 2.11. The molecule has 25 heavy (non-hydrogen) atoms. The summed E-state index contributed by atoms with van der Waals surface area (Å²) in [6, 6.07) is 10.1. The Labute approximate surface area is 145 Å². The standard InChI is InChI=1S/C18H21N3O4/c1-13(2)25-18-14(7-6-8-15(18)24-3)11-19-20-16(22)12-21-10-5-4-9-17(21)23/h4-11,13H,12H2,1-3H3,(H,20,22)/b19-11-. The summed E-state index contributed by atoms with van der Waals surface area (Å²) in [6.07, 6.45) is 2.98. The Hall–Kier alpha value is -3.09. The van der Waals surface area contributed by atoms with Crippen LogP contribution in [0.25, 0.3) is 0 Å². The van der Waals surface area contributed by atoms with Crippen LogP contribution in [0.2, 0.25) is 0 Å². The van der Waals surface area contributed by atoms with Crippen LogP contribution in [0.4, 0.5) is 0 Å². The third-order valence-corrected chi connectivity index (χ3v) is 3.19. The highest BCUT2D eigenvalue weighted by atomic mass is 16.5. The highest BCUT2D eigenvalue weighted by molar-refractivity contribution is 5.86. The average Bonchev–Trinajstić information content (AvgIpc) is 2.58. The molecule has 0 spiro atoms. The lowest BCUT2D eigenvalue weighted by Gasteiger charge is -2.15. The van der Waals surface area contributed by atoms with Crippen molar-refractivity contribution in [3.8, 4) is 11.5 Å². The molecule has 1 aromatic heterocycles. The zero-order valence-electron chi connectivity index (χ0n) is 14.4. The summed E-state index contributed by atoms with van der Waals surface area (Å²) in [5.74, 6) is 0.732. The first-order chi connectivity index (χ1) is 12.0. The van der Waals surface area contributed by atoms with Gasteiger partial charge in [0.1, 0.15) is 6.54 Å². The van der Waals surface area contributed by atoms with Gasteiger partial charge in [-0.05, 0) is 32.0 Å². The first kappa shape index (κ1) is 18.3. The third-order valence-electron chi connectivity index (χ3n) is 3.19. The molecule has 0 saturated heterocycles. The van der Waals surface area contributed by atoms with Crippen molar-refractivity contribution < 1.29 is 14.3 Å². The zero-order valence-corrected chi connectivity index (χ0v) is 14.4. The molecule has 0 atom stereocenters. The lowest BCUT2D eigenvalue weighted by atomic mass is 10.2. The molecular weight excluding hydrogens is 322 g/mol. The first-order valence-electron chi connectivity index (χ1n) is 7.82. The Morgan fingerprint density at radius 3 is 2.76 bits per heavy atom. The normalized spacial score (nSPS) is 10.9. The van der Waals surface area contributed by atoms with Gasteiger partial charge in [-0.15, -0.1) is 0 Å². The van der Waals surface area contributed by atoms with Gasteiger partial charge in [-0.1, -0.05) is 12.1 Å². The number of carbonyl (C=O) groups is 1. The Balaban J connectivity index is 2.08. The van der Waals surface area contributed by atoms with E-state index in [1.54, 1.807) is 43.6 Å². The number of rotatable bonds is 7. The largest absolute Gasteiger partial charge is 0.493 e. The molecule has 0 aliphatic rings. The third kappa shape index (κ3) is 5.20. The smallest absolute Gasteiger partial charge is 0.260 e. The monoisotopic (exact) mass is 343 g/mol. The number of carbonyl (C=O) groups excluding carboxylic acids is 1. The summed E-state index contributed by atoms with van der Waals surface area (Å²) in [5.41, 5.74) is 2.82. The maximum absolute atomic E-state index is 11.9. The molecule has 0 unspecified atom stereocenters. The highest BCUT2D eigenvalue weighted by Crippen LogP contribution is 2.30. The van der Waals surface area contributed by atoms with Gasteiger partial charge in [-0.2, -0.15) is 5.10 Å². The zero-order chi connectivity index (χ0) is 18.2. The molecule has 0 saturated carbocycles. The predicted octanol–water partition coefficient (Wildman–Crippen LogP) is 1.79. The van der Waals surface area contributed by atoms with Gasteiger partial charge in [0.2, 0.25) is 0 Å². The lowest BCUT2D eigenvalue weighted by molar-refractivity contribution is -0.121. The van der Waals surface area contributed by atoms with Crippen molar-refractivity contribution in [3.05, 3.63) is 58.5 Å². The van der Waals surface area contributed by atoms with Gasteiger partial charge >= 0.3 is 0 Å². The van der Waals surface area contributed by atoms with Gasteiger partial charge in [0, 0.05) is 17.8 Å². The van der Waals surface area contributed by atoms with E-state index >= 15 is 0 Å². The molecule has 2 rings (SSSR count). The number of para-hydroxylation sites is 1. The van der Waals surface area contributed by atoms with Crippen LogP contribution >= 0.6 is 0 Å². The lowest BCUT2D eigenvalue weighted by Crippen LogP contribution is -2.29. The van der Waals surface area contributed by atoms with Gasteiger partial charge in [-0.25, -0.2) is 5.43 Å². The van der Waals surface area contributed by atoms with E-state index in [1.807, 2.05) is 13.8 Å². The van der Waals surface area contributed by atoms with E-state index in [2.05, 4.69) is 10.5 Å². The quantitative estimate of drug-likeness (QED) is 0.614. The van der Waals surface area contributed by atoms with Gasteiger partial charge in [0.25, 0.3) is 11.5 Å².